The average Bonchev–Trinajstić information content (AvgIpc) is 3.18. The van der Waals surface area contributed by atoms with E-state index in [1.54, 1.807) is 22.9 Å². The van der Waals surface area contributed by atoms with Crippen LogP contribution in [0.4, 0.5) is 18.9 Å². The van der Waals surface area contributed by atoms with Crippen molar-refractivity contribution in [3.05, 3.63) is 82.4 Å². The van der Waals surface area contributed by atoms with Crippen molar-refractivity contribution < 1.29 is 27.6 Å². The summed E-state index contributed by atoms with van der Waals surface area (Å²) < 4.78 is 56.4. The van der Waals surface area contributed by atoms with Crippen LogP contribution in [0.5, 0.6) is 11.5 Å². The van der Waals surface area contributed by atoms with Crippen LogP contribution in [0.25, 0.3) is 22.2 Å². The van der Waals surface area contributed by atoms with E-state index in [0.29, 0.717) is 40.9 Å². The Bertz CT molecular complexity index is 1410. The minimum atomic E-state index is -1.30. The third kappa shape index (κ3) is 5.57. The predicted octanol–water partition coefficient (Wildman–Crippen LogP) is 7.13. The second-order valence-corrected chi connectivity index (χ2v) is 15.1. The number of rotatable bonds is 9. The van der Waals surface area contributed by atoms with Gasteiger partial charge in [0.1, 0.15) is 23.9 Å². The van der Waals surface area contributed by atoms with Crippen LogP contribution in [-0.2, 0) is 11.5 Å². The van der Waals surface area contributed by atoms with Crippen LogP contribution in [-0.4, -0.2) is 29.2 Å². The highest BCUT2D eigenvalue weighted by Crippen LogP contribution is 2.40. The molecule has 2 heterocycles. The summed E-state index contributed by atoms with van der Waals surface area (Å²) in [4.78, 5) is 14.4. The standard InChI is InChI=1S/C25H24F3N3O4Si/c1-36(2,3)10-9-34-15-30-14-19(16-5-4-6-17(26)11-16)23-22(7-8-29-25(23)30)35-24-20(27)12-18(31(32)33)13-21(24)28/h4-8,11-14H,9-10,15H2,1-3H3. The van der Waals surface area contributed by atoms with E-state index < -0.39 is 41.9 Å². The highest BCUT2D eigenvalue weighted by atomic mass is 28.3. The SMILES string of the molecule is C[Si](C)(C)CCOCn1cc(-c2cccc(F)c2)c2c(Oc3c(F)cc([N+](=O)[O-])cc3F)ccnc21. The molecule has 0 aliphatic rings. The van der Waals surface area contributed by atoms with Crippen LogP contribution in [0.3, 0.4) is 0 Å². The number of fused-ring (bicyclic) bond motifs is 1. The van der Waals surface area contributed by atoms with Gasteiger partial charge in [0.2, 0.25) is 0 Å². The number of aromatic nitrogens is 2. The summed E-state index contributed by atoms with van der Waals surface area (Å²) in [5, 5.41) is 11.3. The van der Waals surface area contributed by atoms with E-state index in [2.05, 4.69) is 24.6 Å². The first-order valence-corrected chi connectivity index (χ1v) is 14.9. The zero-order chi connectivity index (χ0) is 26.0. The molecule has 0 amide bonds. The molecular weight excluding hydrogens is 491 g/mol. The lowest BCUT2D eigenvalue weighted by Gasteiger charge is -2.15. The molecule has 0 atom stereocenters. The van der Waals surface area contributed by atoms with Crippen LogP contribution in [0.1, 0.15) is 0 Å². The van der Waals surface area contributed by atoms with Gasteiger partial charge in [0.15, 0.2) is 17.4 Å². The number of pyridine rings is 1. The highest BCUT2D eigenvalue weighted by molar-refractivity contribution is 6.76. The number of ether oxygens (including phenoxy) is 2. The Morgan fingerprint density at radius 2 is 1.81 bits per heavy atom. The van der Waals surface area contributed by atoms with Gasteiger partial charge < -0.3 is 14.0 Å². The molecule has 2 aromatic carbocycles. The molecule has 0 radical (unpaired) electrons. The number of hydrogen-bond donors (Lipinski definition) is 0. The number of nitro groups is 1. The molecule has 0 saturated carbocycles. The second kappa shape index (κ2) is 10.1. The third-order valence-corrected chi connectivity index (χ3v) is 7.19. The molecule has 0 unspecified atom stereocenters. The Kier molecular flexibility index (Phi) is 7.13. The maximum absolute atomic E-state index is 14.6. The molecule has 7 nitrogen and oxygen atoms in total. The Morgan fingerprint density at radius 1 is 1.08 bits per heavy atom. The number of benzene rings is 2. The lowest BCUT2D eigenvalue weighted by atomic mass is 10.1. The summed E-state index contributed by atoms with van der Waals surface area (Å²) in [5.74, 6) is -3.66. The lowest BCUT2D eigenvalue weighted by molar-refractivity contribution is -0.385. The first-order chi connectivity index (χ1) is 17.0. The normalized spacial score (nSPS) is 11.7. The van der Waals surface area contributed by atoms with Gasteiger partial charge in [-0.1, -0.05) is 31.8 Å². The second-order valence-electron chi connectivity index (χ2n) is 9.48. The van der Waals surface area contributed by atoms with E-state index in [1.165, 1.54) is 24.4 Å². The van der Waals surface area contributed by atoms with Crippen molar-refractivity contribution in [3.8, 4) is 22.6 Å². The first kappa shape index (κ1) is 25.4. The summed E-state index contributed by atoms with van der Waals surface area (Å²) >= 11 is 0. The molecule has 4 aromatic rings. The molecule has 11 heteroatoms. The van der Waals surface area contributed by atoms with Gasteiger partial charge in [0, 0.05) is 32.6 Å². The molecule has 0 aliphatic carbocycles. The Labute approximate surface area is 206 Å². The largest absolute Gasteiger partial charge is 0.450 e. The van der Waals surface area contributed by atoms with Crippen LogP contribution < -0.4 is 4.74 Å². The summed E-state index contributed by atoms with van der Waals surface area (Å²) in [6.45, 7) is 7.44. The van der Waals surface area contributed by atoms with Gasteiger partial charge in [-0.25, -0.2) is 18.2 Å². The minimum Gasteiger partial charge on any atom is -0.450 e. The summed E-state index contributed by atoms with van der Waals surface area (Å²) in [6.07, 6.45) is 3.13. The van der Waals surface area contributed by atoms with Crippen molar-refractivity contribution >= 4 is 24.8 Å². The first-order valence-electron chi connectivity index (χ1n) is 11.2. The van der Waals surface area contributed by atoms with Gasteiger partial charge in [-0.2, -0.15) is 0 Å². The van der Waals surface area contributed by atoms with Crippen LogP contribution in [0.2, 0.25) is 25.7 Å². The van der Waals surface area contributed by atoms with Crippen molar-refractivity contribution in [2.24, 2.45) is 0 Å². The molecule has 2 aromatic heterocycles. The fraction of sp³-hybridized carbons (Fsp3) is 0.240. The fourth-order valence-corrected chi connectivity index (χ4v) is 4.40. The molecule has 36 heavy (non-hydrogen) atoms. The van der Waals surface area contributed by atoms with Crippen molar-refractivity contribution in [1.29, 1.82) is 0 Å². The number of non-ortho nitro benzene ring substituents is 1. The van der Waals surface area contributed by atoms with Crippen LogP contribution in [0, 0.1) is 27.6 Å². The molecule has 0 fully saturated rings. The van der Waals surface area contributed by atoms with Gasteiger partial charge in [-0.05, 0) is 29.8 Å². The zero-order valence-electron chi connectivity index (χ0n) is 19.9. The molecular formula is C25H24F3N3O4Si. The van der Waals surface area contributed by atoms with Crippen molar-refractivity contribution in [3.63, 3.8) is 0 Å². The molecule has 188 valence electrons. The molecule has 0 N–H and O–H groups in total. The van der Waals surface area contributed by atoms with Gasteiger partial charge >= 0.3 is 0 Å². The van der Waals surface area contributed by atoms with Gasteiger partial charge in [-0.3, -0.25) is 10.1 Å². The maximum Gasteiger partial charge on any atom is 0.275 e. The maximum atomic E-state index is 14.6. The quantitative estimate of drug-likeness (QED) is 0.103. The molecule has 0 spiro atoms. The summed E-state index contributed by atoms with van der Waals surface area (Å²) in [7, 11) is -1.30. The van der Waals surface area contributed by atoms with Gasteiger partial charge in [0.05, 0.1) is 22.4 Å². The predicted molar refractivity (Wildman–Crippen MR) is 132 cm³/mol. The van der Waals surface area contributed by atoms with E-state index in [9.17, 15) is 23.3 Å². The molecule has 4 rings (SSSR count). The third-order valence-electron chi connectivity index (χ3n) is 5.49. The molecule has 0 bridgehead atoms. The lowest BCUT2D eigenvalue weighted by Crippen LogP contribution is -2.22. The zero-order valence-corrected chi connectivity index (χ0v) is 20.9. The van der Waals surface area contributed by atoms with Crippen LogP contribution in [0.15, 0.2) is 54.9 Å². The number of halogens is 3. The highest BCUT2D eigenvalue weighted by Gasteiger charge is 2.22. The van der Waals surface area contributed by atoms with Crippen molar-refractivity contribution in [2.45, 2.75) is 32.4 Å². The number of hydrogen-bond acceptors (Lipinski definition) is 5. The monoisotopic (exact) mass is 515 g/mol. The average molecular weight is 516 g/mol. The summed E-state index contributed by atoms with van der Waals surface area (Å²) in [6, 6.07) is 9.42. The van der Waals surface area contributed by atoms with Crippen molar-refractivity contribution in [1.82, 2.24) is 9.55 Å². The number of nitro benzene ring substituents is 1. The Morgan fingerprint density at radius 3 is 2.44 bits per heavy atom. The molecule has 0 aliphatic heterocycles. The minimum absolute atomic E-state index is 0.0479. The van der Waals surface area contributed by atoms with Gasteiger partial charge in [0.25, 0.3) is 5.69 Å². The van der Waals surface area contributed by atoms with E-state index in [1.807, 2.05) is 0 Å². The van der Waals surface area contributed by atoms with Crippen LogP contribution >= 0.6 is 0 Å². The smallest absolute Gasteiger partial charge is 0.275 e. The van der Waals surface area contributed by atoms with E-state index in [4.69, 9.17) is 9.47 Å². The molecule has 0 saturated heterocycles. The van der Waals surface area contributed by atoms with Gasteiger partial charge in [-0.15, -0.1) is 0 Å². The van der Waals surface area contributed by atoms with Crippen molar-refractivity contribution in [2.75, 3.05) is 6.61 Å². The Hall–Kier alpha value is -3.70. The number of nitrogens with zero attached hydrogens (tertiary/aromatic N) is 3. The fourth-order valence-electron chi connectivity index (χ4n) is 3.65. The van der Waals surface area contributed by atoms with E-state index in [-0.39, 0.29) is 12.5 Å². The topological polar surface area (TPSA) is 79.4 Å². The van der Waals surface area contributed by atoms with E-state index in [0.717, 1.165) is 6.04 Å². The Balaban J connectivity index is 1.79. The van der Waals surface area contributed by atoms with E-state index >= 15 is 0 Å². The summed E-state index contributed by atoms with van der Waals surface area (Å²) in [5.41, 5.74) is 0.689.